The van der Waals surface area contributed by atoms with Crippen LogP contribution in [0.4, 0.5) is 10.1 Å². The van der Waals surface area contributed by atoms with Crippen LogP contribution in [0.5, 0.6) is 5.75 Å². The first-order chi connectivity index (χ1) is 13.6. The molecule has 3 rings (SSSR count). The van der Waals surface area contributed by atoms with Crippen molar-refractivity contribution in [3.05, 3.63) is 71.6 Å². The first kappa shape index (κ1) is 23.0. The Kier molecular flexibility index (Phi) is 8.75. The maximum absolute atomic E-state index is 13.9. The van der Waals surface area contributed by atoms with Crippen LogP contribution in [0.25, 0.3) is 0 Å². The molecule has 0 unspecified atom stereocenters. The van der Waals surface area contributed by atoms with Gasteiger partial charge in [0.1, 0.15) is 0 Å². The van der Waals surface area contributed by atoms with Gasteiger partial charge in [0.2, 0.25) is 0 Å². The van der Waals surface area contributed by atoms with E-state index in [2.05, 4.69) is 51.6 Å². The lowest BCUT2D eigenvalue weighted by molar-refractivity contribution is 0.385. The highest BCUT2D eigenvalue weighted by molar-refractivity contribution is 14.0. The molecule has 0 saturated heterocycles. The average Bonchev–Trinajstić information content (AvgIpc) is 3.24. The number of guanidine groups is 1. The van der Waals surface area contributed by atoms with Gasteiger partial charge in [0.25, 0.3) is 0 Å². The molecule has 1 aliphatic rings. The molecule has 0 spiro atoms. The number of ether oxygens (including phenoxy) is 1. The first-order valence-corrected chi connectivity index (χ1v) is 9.34. The Balaban J connectivity index is 0.00000300. The molecule has 5 nitrogen and oxygen atoms in total. The van der Waals surface area contributed by atoms with E-state index in [0.29, 0.717) is 13.1 Å². The standard InChI is InChI=1S/C22H27FN4O.HI/c1-24-22(26(2)16-18-8-11-21(28-3)20(23)14-18)25-15-17-6-9-19(10-7-17)27-12-4-5-13-27;/h4-11,14H,12-13,15-16H2,1-3H3,(H,24,25);1H. The lowest BCUT2D eigenvalue weighted by Gasteiger charge is -2.23. The molecule has 1 aliphatic heterocycles. The maximum Gasteiger partial charge on any atom is 0.193 e. The van der Waals surface area contributed by atoms with Gasteiger partial charge in [-0.1, -0.05) is 30.4 Å². The molecule has 0 aliphatic carbocycles. The van der Waals surface area contributed by atoms with Gasteiger partial charge in [-0.05, 0) is 35.4 Å². The minimum atomic E-state index is -0.357. The molecule has 29 heavy (non-hydrogen) atoms. The minimum Gasteiger partial charge on any atom is -0.494 e. The van der Waals surface area contributed by atoms with Gasteiger partial charge in [-0.2, -0.15) is 0 Å². The highest BCUT2D eigenvalue weighted by Gasteiger charge is 2.10. The molecule has 0 bridgehead atoms. The number of halogens is 2. The van der Waals surface area contributed by atoms with E-state index in [1.54, 1.807) is 13.1 Å². The fourth-order valence-corrected chi connectivity index (χ4v) is 3.24. The van der Waals surface area contributed by atoms with Gasteiger partial charge >= 0.3 is 0 Å². The third kappa shape index (κ3) is 6.09. The average molecular weight is 510 g/mol. The summed E-state index contributed by atoms with van der Waals surface area (Å²) >= 11 is 0. The van der Waals surface area contributed by atoms with Crippen LogP contribution >= 0.6 is 24.0 Å². The fourth-order valence-electron chi connectivity index (χ4n) is 3.24. The molecule has 7 heteroatoms. The van der Waals surface area contributed by atoms with E-state index in [1.807, 2.05) is 18.0 Å². The van der Waals surface area contributed by atoms with Crippen molar-refractivity contribution in [3.63, 3.8) is 0 Å². The number of anilines is 1. The fraction of sp³-hybridized carbons (Fsp3) is 0.318. The monoisotopic (exact) mass is 510 g/mol. The van der Waals surface area contributed by atoms with Gasteiger partial charge in [-0.15, -0.1) is 24.0 Å². The molecule has 0 atom stereocenters. The SMILES string of the molecule is CN=C(NCc1ccc(N2CC=CC2)cc1)N(C)Cc1ccc(OC)c(F)c1.I. The zero-order valence-corrected chi connectivity index (χ0v) is 19.4. The quantitative estimate of drug-likeness (QED) is 0.276. The summed E-state index contributed by atoms with van der Waals surface area (Å²) in [6.45, 7) is 3.16. The topological polar surface area (TPSA) is 40.1 Å². The molecule has 0 saturated carbocycles. The van der Waals surface area contributed by atoms with Crippen LogP contribution < -0.4 is 15.0 Å². The smallest absolute Gasteiger partial charge is 0.193 e. The van der Waals surface area contributed by atoms with Crippen molar-refractivity contribution in [3.8, 4) is 5.75 Å². The van der Waals surface area contributed by atoms with E-state index in [4.69, 9.17) is 4.74 Å². The molecule has 2 aromatic carbocycles. The number of rotatable bonds is 6. The highest BCUT2D eigenvalue weighted by Crippen LogP contribution is 2.19. The Morgan fingerprint density at radius 3 is 2.38 bits per heavy atom. The molecule has 0 fully saturated rings. The largest absolute Gasteiger partial charge is 0.494 e. The summed E-state index contributed by atoms with van der Waals surface area (Å²) < 4.78 is 18.9. The predicted octanol–water partition coefficient (Wildman–Crippen LogP) is 4.04. The number of methoxy groups -OCH3 is 1. The molecular formula is C22H28FIN4O. The summed E-state index contributed by atoms with van der Waals surface area (Å²) in [5, 5.41) is 3.36. The Bertz CT molecular complexity index is 846. The number of aliphatic imine (C=N–C) groups is 1. The number of benzene rings is 2. The predicted molar refractivity (Wildman–Crippen MR) is 128 cm³/mol. The van der Waals surface area contributed by atoms with Gasteiger partial charge in [-0.25, -0.2) is 4.39 Å². The van der Waals surface area contributed by atoms with Crippen molar-refractivity contribution >= 4 is 35.6 Å². The van der Waals surface area contributed by atoms with Crippen LogP contribution in [0.2, 0.25) is 0 Å². The number of hydrogen-bond donors (Lipinski definition) is 1. The van der Waals surface area contributed by atoms with Crippen molar-refractivity contribution in [1.29, 1.82) is 0 Å². The Morgan fingerprint density at radius 2 is 1.79 bits per heavy atom. The minimum absolute atomic E-state index is 0. The molecule has 0 radical (unpaired) electrons. The second kappa shape index (κ2) is 11.0. The third-order valence-corrected chi connectivity index (χ3v) is 4.78. The maximum atomic E-state index is 13.9. The van der Waals surface area contributed by atoms with Crippen LogP contribution in [0, 0.1) is 5.82 Å². The van der Waals surface area contributed by atoms with E-state index in [0.717, 1.165) is 24.6 Å². The molecular weight excluding hydrogens is 482 g/mol. The second-order valence-corrected chi connectivity index (χ2v) is 6.77. The Hall–Kier alpha value is -2.29. The lowest BCUT2D eigenvalue weighted by atomic mass is 10.2. The second-order valence-electron chi connectivity index (χ2n) is 6.77. The zero-order chi connectivity index (χ0) is 19.9. The van der Waals surface area contributed by atoms with Crippen molar-refractivity contribution in [1.82, 2.24) is 10.2 Å². The van der Waals surface area contributed by atoms with Crippen molar-refractivity contribution in [2.45, 2.75) is 13.1 Å². The normalized spacial score (nSPS) is 13.2. The Morgan fingerprint density at radius 1 is 1.14 bits per heavy atom. The molecule has 2 aromatic rings. The summed E-state index contributed by atoms with van der Waals surface area (Å²) in [7, 11) is 5.14. The molecule has 0 amide bonds. The van der Waals surface area contributed by atoms with E-state index in [1.165, 1.54) is 24.4 Å². The molecule has 1 N–H and O–H groups in total. The van der Waals surface area contributed by atoms with Gasteiger partial charge in [0.15, 0.2) is 17.5 Å². The van der Waals surface area contributed by atoms with Crippen LogP contribution in [0.15, 0.2) is 59.6 Å². The van der Waals surface area contributed by atoms with Crippen LogP contribution in [-0.2, 0) is 13.1 Å². The molecule has 156 valence electrons. The van der Waals surface area contributed by atoms with Gasteiger partial charge < -0.3 is 19.9 Å². The lowest BCUT2D eigenvalue weighted by Crippen LogP contribution is -2.38. The number of nitrogens with zero attached hydrogens (tertiary/aromatic N) is 3. The van der Waals surface area contributed by atoms with E-state index in [-0.39, 0.29) is 35.5 Å². The number of hydrogen-bond acceptors (Lipinski definition) is 3. The summed E-state index contributed by atoms with van der Waals surface area (Å²) in [5.74, 6) is 0.649. The van der Waals surface area contributed by atoms with Crippen molar-refractivity contribution < 1.29 is 9.13 Å². The third-order valence-electron chi connectivity index (χ3n) is 4.78. The highest BCUT2D eigenvalue weighted by atomic mass is 127. The van der Waals surface area contributed by atoms with E-state index in [9.17, 15) is 4.39 Å². The van der Waals surface area contributed by atoms with Gasteiger partial charge in [-0.3, -0.25) is 4.99 Å². The van der Waals surface area contributed by atoms with Crippen LogP contribution in [0.1, 0.15) is 11.1 Å². The number of nitrogens with one attached hydrogen (secondary N) is 1. The van der Waals surface area contributed by atoms with E-state index >= 15 is 0 Å². The van der Waals surface area contributed by atoms with Crippen LogP contribution in [-0.4, -0.2) is 45.2 Å². The summed E-state index contributed by atoms with van der Waals surface area (Å²) in [5.41, 5.74) is 3.27. The molecule has 1 heterocycles. The van der Waals surface area contributed by atoms with Crippen LogP contribution in [0.3, 0.4) is 0 Å². The van der Waals surface area contributed by atoms with Crippen molar-refractivity contribution in [2.75, 3.05) is 39.2 Å². The summed E-state index contributed by atoms with van der Waals surface area (Å²) in [6, 6.07) is 13.6. The molecule has 0 aromatic heterocycles. The summed E-state index contributed by atoms with van der Waals surface area (Å²) in [4.78, 5) is 8.61. The zero-order valence-electron chi connectivity index (χ0n) is 17.1. The first-order valence-electron chi connectivity index (χ1n) is 9.34. The van der Waals surface area contributed by atoms with E-state index < -0.39 is 0 Å². The summed E-state index contributed by atoms with van der Waals surface area (Å²) in [6.07, 6.45) is 4.37. The van der Waals surface area contributed by atoms with Crippen molar-refractivity contribution in [2.24, 2.45) is 4.99 Å². The van der Waals surface area contributed by atoms with Gasteiger partial charge in [0, 0.05) is 46.0 Å². The van der Waals surface area contributed by atoms with Gasteiger partial charge in [0.05, 0.1) is 7.11 Å². The Labute approximate surface area is 189 Å².